The minimum atomic E-state index is -0.980. The predicted molar refractivity (Wildman–Crippen MR) is 66.7 cm³/mol. The highest BCUT2D eigenvalue weighted by atomic mass is 16.5. The Morgan fingerprint density at radius 1 is 1.32 bits per heavy atom. The van der Waals surface area contributed by atoms with Gasteiger partial charge in [-0.2, -0.15) is 0 Å². The van der Waals surface area contributed by atoms with E-state index in [9.17, 15) is 9.59 Å². The zero-order valence-corrected chi connectivity index (χ0v) is 11.2. The molecule has 108 valence electrons. The van der Waals surface area contributed by atoms with Gasteiger partial charge in [-0.05, 0) is 31.6 Å². The molecular formula is C13H21NO5. The van der Waals surface area contributed by atoms with Crippen molar-refractivity contribution in [1.82, 2.24) is 4.90 Å². The Kier molecular flexibility index (Phi) is 4.76. The molecule has 3 atom stereocenters. The van der Waals surface area contributed by atoms with E-state index in [2.05, 4.69) is 0 Å². The van der Waals surface area contributed by atoms with Crippen molar-refractivity contribution in [2.45, 2.75) is 37.9 Å². The van der Waals surface area contributed by atoms with Crippen LogP contribution in [0.2, 0.25) is 0 Å². The van der Waals surface area contributed by atoms with Crippen LogP contribution in [-0.4, -0.2) is 60.9 Å². The number of carboxylic acids is 1. The topological polar surface area (TPSA) is 76.1 Å². The van der Waals surface area contributed by atoms with Crippen molar-refractivity contribution in [1.29, 1.82) is 0 Å². The number of rotatable bonds is 4. The summed E-state index contributed by atoms with van der Waals surface area (Å²) in [6, 6.07) is 0. The van der Waals surface area contributed by atoms with Crippen LogP contribution in [0.25, 0.3) is 0 Å². The summed E-state index contributed by atoms with van der Waals surface area (Å²) < 4.78 is 10.4. The van der Waals surface area contributed by atoms with E-state index in [0.717, 1.165) is 19.4 Å². The monoisotopic (exact) mass is 271 g/mol. The lowest BCUT2D eigenvalue weighted by Crippen LogP contribution is -2.46. The van der Waals surface area contributed by atoms with Gasteiger partial charge in [-0.15, -0.1) is 0 Å². The first-order valence-electron chi connectivity index (χ1n) is 6.77. The van der Waals surface area contributed by atoms with Gasteiger partial charge in [0.25, 0.3) is 5.91 Å². The number of aliphatic carboxylic acids is 1. The Bertz CT molecular complexity index is 344. The van der Waals surface area contributed by atoms with E-state index in [0.29, 0.717) is 31.9 Å². The molecule has 2 aliphatic heterocycles. The number of carbonyl (C=O) groups is 2. The fourth-order valence-electron chi connectivity index (χ4n) is 2.84. The number of piperidine rings is 1. The Labute approximate surface area is 112 Å². The first-order chi connectivity index (χ1) is 9.11. The van der Waals surface area contributed by atoms with E-state index in [1.54, 1.807) is 12.0 Å². The van der Waals surface area contributed by atoms with Crippen molar-refractivity contribution in [2.75, 3.05) is 26.8 Å². The summed E-state index contributed by atoms with van der Waals surface area (Å²) in [5, 5.41) is 8.87. The molecule has 1 amide bonds. The van der Waals surface area contributed by atoms with Crippen molar-refractivity contribution < 1.29 is 24.2 Å². The molecule has 3 unspecified atom stereocenters. The van der Waals surface area contributed by atoms with Crippen LogP contribution < -0.4 is 0 Å². The highest BCUT2D eigenvalue weighted by Crippen LogP contribution is 2.24. The van der Waals surface area contributed by atoms with E-state index < -0.39 is 18.2 Å². The number of ether oxygens (including phenoxy) is 2. The van der Waals surface area contributed by atoms with Gasteiger partial charge in [0.05, 0.1) is 6.61 Å². The molecule has 2 aliphatic rings. The zero-order chi connectivity index (χ0) is 13.8. The van der Waals surface area contributed by atoms with Gasteiger partial charge in [0, 0.05) is 20.2 Å². The summed E-state index contributed by atoms with van der Waals surface area (Å²) in [6.07, 6.45) is 1.55. The van der Waals surface area contributed by atoms with Gasteiger partial charge < -0.3 is 19.5 Å². The predicted octanol–water partition coefficient (Wildman–Crippen LogP) is 0.504. The molecule has 0 aromatic rings. The lowest BCUT2D eigenvalue weighted by atomic mass is 9.98. The number of hydrogen-bond acceptors (Lipinski definition) is 4. The highest BCUT2D eigenvalue weighted by molar-refractivity contribution is 5.82. The molecular weight excluding hydrogens is 250 g/mol. The highest BCUT2D eigenvalue weighted by Gasteiger charge is 2.37. The molecule has 0 aromatic carbocycles. The number of hydrogen-bond donors (Lipinski definition) is 1. The number of likely N-dealkylation sites (tertiary alicyclic amines) is 1. The average Bonchev–Trinajstić information content (AvgIpc) is 2.88. The SMILES string of the molecule is COCC1CCCN(C(=O)C2CCC(C(=O)O)O2)C1. The standard InChI is InChI=1S/C13H21NO5/c1-18-8-9-3-2-6-14(7-9)12(15)10-4-5-11(19-10)13(16)17/h9-11H,2-8H2,1H3,(H,16,17). The minimum Gasteiger partial charge on any atom is -0.479 e. The number of carbonyl (C=O) groups excluding carboxylic acids is 1. The van der Waals surface area contributed by atoms with Crippen molar-refractivity contribution in [3.05, 3.63) is 0 Å². The molecule has 0 aliphatic carbocycles. The van der Waals surface area contributed by atoms with Gasteiger partial charge in [0.15, 0.2) is 6.10 Å². The summed E-state index contributed by atoms with van der Waals surface area (Å²) in [5.74, 6) is -0.671. The second-order valence-corrected chi connectivity index (χ2v) is 5.28. The van der Waals surface area contributed by atoms with Crippen LogP contribution in [0.3, 0.4) is 0 Å². The molecule has 2 rings (SSSR count). The van der Waals surface area contributed by atoms with Crippen LogP contribution in [0.1, 0.15) is 25.7 Å². The molecule has 1 N–H and O–H groups in total. The Morgan fingerprint density at radius 2 is 2.05 bits per heavy atom. The first kappa shape index (κ1) is 14.3. The normalized spacial score (nSPS) is 31.4. The van der Waals surface area contributed by atoms with Crippen LogP contribution in [-0.2, 0) is 19.1 Å². The molecule has 6 heteroatoms. The van der Waals surface area contributed by atoms with Crippen LogP contribution >= 0.6 is 0 Å². The Hall–Kier alpha value is -1.14. The molecule has 2 saturated heterocycles. The molecule has 0 spiro atoms. The number of nitrogens with zero attached hydrogens (tertiary/aromatic N) is 1. The number of carboxylic acid groups (broad SMARTS) is 1. The van der Waals surface area contributed by atoms with Crippen molar-refractivity contribution in [3.63, 3.8) is 0 Å². The van der Waals surface area contributed by atoms with E-state index in [1.807, 2.05) is 0 Å². The Morgan fingerprint density at radius 3 is 2.68 bits per heavy atom. The van der Waals surface area contributed by atoms with Gasteiger partial charge in [0.1, 0.15) is 6.10 Å². The molecule has 0 bridgehead atoms. The molecule has 0 radical (unpaired) electrons. The second kappa shape index (κ2) is 6.34. The summed E-state index contributed by atoms with van der Waals surface area (Å²) >= 11 is 0. The van der Waals surface area contributed by atoms with Gasteiger partial charge in [-0.3, -0.25) is 4.79 Å². The Balaban J connectivity index is 1.87. The van der Waals surface area contributed by atoms with Crippen molar-refractivity contribution in [3.8, 4) is 0 Å². The van der Waals surface area contributed by atoms with Crippen molar-refractivity contribution in [2.24, 2.45) is 5.92 Å². The summed E-state index contributed by atoms with van der Waals surface area (Å²) in [6.45, 7) is 2.08. The van der Waals surface area contributed by atoms with Crippen LogP contribution in [0.5, 0.6) is 0 Å². The first-order valence-corrected chi connectivity index (χ1v) is 6.77. The van der Waals surface area contributed by atoms with Crippen LogP contribution in [0.4, 0.5) is 0 Å². The van der Waals surface area contributed by atoms with Crippen LogP contribution in [0, 0.1) is 5.92 Å². The quantitative estimate of drug-likeness (QED) is 0.806. The second-order valence-electron chi connectivity index (χ2n) is 5.28. The average molecular weight is 271 g/mol. The summed E-state index contributed by atoms with van der Waals surface area (Å²) in [4.78, 5) is 24.9. The van der Waals surface area contributed by atoms with Gasteiger partial charge in [0.2, 0.25) is 0 Å². The lowest BCUT2D eigenvalue weighted by molar-refractivity contribution is -0.155. The van der Waals surface area contributed by atoms with Gasteiger partial charge in [-0.1, -0.05) is 0 Å². The lowest BCUT2D eigenvalue weighted by Gasteiger charge is -2.33. The maximum Gasteiger partial charge on any atom is 0.332 e. The van der Waals surface area contributed by atoms with Crippen LogP contribution in [0.15, 0.2) is 0 Å². The minimum absolute atomic E-state index is 0.0652. The third kappa shape index (κ3) is 3.45. The summed E-state index contributed by atoms with van der Waals surface area (Å²) in [5.41, 5.74) is 0. The van der Waals surface area contributed by atoms with E-state index in [-0.39, 0.29) is 5.91 Å². The third-order valence-corrected chi connectivity index (χ3v) is 3.80. The van der Waals surface area contributed by atoms with E-state index >= 15 is 0 Å². The smallest absolute Gasteiger partial charge is 0.332 e. The fraction of sp³-hybridized carbons (Fsp3) is 0.846. The van der Waals surface area contributed by atoms with E-state index in [4.69, 9.17) is 14.6 Å². The van der Waals surface area contributed by atoms with E-state index in [1.165, 1.54) is 0 Å². The largest absolute Gasteiger partial charge is 0.479 e. The number of methoxy groups -OCH3 is 1. The molecule has 19 heavy (non-hydrogen) atoms. The molecule has 0 aromatic heterocycles. The molecule has 2 fully saturated rings. The maximum atomic E-state index is 12.3. The third-order valence-electron chi connectivity index (χ3n) is 3.80. The zero-order valence-electron chi connectivity index (χ0n) is 11.2. The summed E-state index contributed by atoms with van der Waals surface area (Å²) in [7, 11) is 1.66. The molecule has 2 heterocycles. The fourth-order valence-corrected chi connectivity index (χ4v) is 2.84. The van der Waals surface area contributed by atoms with Gasteiger partial charge >= 0.3 is 5.97 Å². The molecule has 6 nitrogen and oxygen atoms in total. The van der Waals surface area contributed by atoms with Gasteiger partial charge in [-0.25, -0.2) is 4.79 Å². The van der Waals surface area contributed by atoms with Crippen molar-refractivity contribution >= 4 is 11.9 Å². The maximum absolute atomic E-state index is 12.3. The molecule has 0 saturated carbocycles. The number of amides is 1.